The van der Waals surface area contributed by atoms with Gasteiger partial charge in [-0.2, -0.15) is 0 Å². The van der Waals surface area contributed by atoms with Gasteiger partial charge in [0.25, 0.3) is 5.91 Å². The molecule has 100 valence electrons. The molecule has 2 aromatic rings. The van der Waals surface area contributed by atoms with Gasteiger partial charge in [-0.05, 0) is 12.8 Å². The number of amides is 1. The summed E-state index contributed by atoms with van der Waals surface area (Å²) in [5, 5.41) is 3.06. The predicted molar refractivity (Wildman–Crippen MR) is 70.8 cm³/mol. The molecular formula is C12H14ClN5O. The van der Waals surface area contributed by atoms with E-state index < -0.39 is 0 Å². The van der Waals surface area contributed by atoms with Gasteiger partial charge in [-0.3, -0.25) is 4.79 Å². The van der Waals surface area contributed by atoms with Crippen LogP contribution in [0.4, 0.5) is 0 Å². The Kier molecular flexibility index (Phi) is 4.85. The maximum absolute atomic E-state index is 11.7. The van der Waals surface area contributed by atoms with Crippen molar-refractivity contribution >= 4 is 17.5 Å². The fourth-order valence-corrected chi connectivity index (χ4v) is 1.66. The van der Waals surface area contributed by atoms with Crippen molar-refractivity contribution in [2.45, 2.75) is 19.4 Å². The Morgan fingerprint density at radius 2 is 2.21 bits per heavy atom. The molecular weight excluding hydrogens is 266 g/mol. The number of imidazole rings is 1. The van der Waals surface area contributed by atoms with Gasteiger partial charge in [0, 0.05) is 25.5 Å². The molecule has 2 rings (SSSR count). The lowest BCUT2D eigenvalue weighted by molar-refractivity contribution is 0.0947. The number of rotatable bonds is 6. The second kappa shape index (κ2) is 6.84. The molecule has 0 atom stereocenters. The topological polar surface area (TPSA) is 72.7 Å². The van der Waals surface area contributed by atoms with Crippen LogP contribution in [-0.4, -0.2) is 32.0 Å². The van der Waals surface area contributed by atoms with E-state index in [9.17, 15) is 4.79 Å². The Morgan fingerprint density at radius 1 is 1.32 bits per heavy atom. The van der Waals surface area contributed by atoms with Crippen LogP contribution in [0.5, 0.6) is 0 Å². The number of halogens is 1. The van der Waals surface area contributed by atoms with Crippen molar-refractivity contribution in [2.24, 2.45) is 0 Å². The SMILES string of the molecule is O=C(NCCCCn1ccnc1)c1cnc(Cl)cn1. The van der Waals surface area contributed by atoms with Gasteiger partial charge in [0.1, 0.15) is 10.8 Å². The summed E-state index contributed by atoms with van der Waals surface area (Å²) in [5.41, 5.74) is 0.277. The van der Waals surface area contributed by atoms with E-state index in [4.69, 9.17) is 11.6 Å². The first kappa shape index (κ1) is 13.5. The van der Waals surface area contributed by atoms with Gasteiger partial charge in [0.15, 0.2) is 0 Å². The van der Waals surface area contributed by atoms with Gasteiger partial charge in [0.05, 0.1) is 18.7 Å². The number of hydrogen-bond donors (Lipinski definition) is 1. The highest BCUT2D eigenvalue weighted by Crippen LogP contribution is 2.01. The Hall–Kier alpha value is -1.95. The fraction of sp³-hybridized carbons (Fsp3) is 0.333. The second-order valence-corrected chi connectivity index (χ2v) is 4.38. The minimum absolute atomic E-state index is 0.230. The Morgan fingerprint density at radius 3 is 2.89 bits per heavy atom. The van der Waals surface area contributed by atoms with Crippen LogP contribution in [0.3, 0.4) is 0 Å². The van der Waals surface area contributed by atoms with Crippen LogP contribution >= 0.6 is 11.6 Å². The lowest BCUT2D eigenvalue weighted by Crippen LogP contribution is -2.25. The zero-order valence-electron chi connectivity index (χ0n) is 10.3. The molecule has 2 heterocycles. The van der Waals surface area contributed by atoms with Crippen molar-refractivity contribution in [3.63, 3.8) is 0 Å². The van der Waals surface area contributed by atoms with E-state index in [0.29, 0.717) is 6.54 Å². The van der Waals surface area contributed by atoms with Crippen molar-refractivity contribution in [3.8, 4) is 0 Å². The standard InChI is InChI=1S/C12H14ClN5O/c13-11-8-16-10(7-17-11)12(19)15-3-1-2-5-18-6-4-14-9-18/h4,6-9H,1-3,5H2,(H,15,19). The van der Waals surface area contributed by atoms with Crippen LogP contribution < -0.4 is 5.32 Å². The van der Waals surface area contributed by atoms with E-state index in [1.165, 1.54) is 12.4 Å². The van der Waals surface area contributed by atoms with Crippen molar-refractivity contribution < 1.29 is 4.79 Å². The third-order valence-corrected chi connectivity index (χ3v) is 2.74. The highest BCUT2D eigenvalue weighted by Gasteiger charge is 2.06. The first-order chi connectivity index (χ1) is 9.25. The summed E-state index contributed by atoms with van der Waals surface area (Å²) in [4.78, 5) is 23.3. The summed E-state index contributed by atoms with van der Waals surface area (Å²) in [6.07, 6.45) is 10.0. The molecule has 0 aliphatic rings. The van der Waals surface area contributed by atoms with Crippen molar-refractivity contribution in [1.82, 2.24) is 24.8 Å². The minimum Gasteiger partial charge on any atom is -0.351 e. The normalized spacial score (nSPS) is 10.4. The summed E-state index contributed by atoms with van der Waals surface area (Å²) in [5.74, 6) is -0.230. The molecule has 0 unspecified atom stereocenters. The number of aryl methyl sites for hydroxylation is 1. The third kappa shape index (κ3) is 4.33. The molecule has 7 heteroatoms. The summed E-state index contributed by atoms with van der Waals surface area (Å²) >= 11 is 5.60. The molecule has 0 spiro atoms. The van der Waals surface area contributed by atoms with Crippen LogP contribution in [0, 0.1) is 0 Å². The summed E-state index contributed by atoms with van der Waals surface area (Å²) in [6.45, 7) is 1.51. The lowest BCUT2D eigenvalue weighted by Gasteiger charge is -2.05. The lowest BCUT2D eigenvalue weighted by atomic mass is 10.3. The van der Waals surface area contributed by atoms with Gasteiger partial charge in [-0.15, -0.1) is 0 Å². The maximum Gasteiger partial charge on any atom is 0.271 e. The molecule has 2 aromatic heterocycles. The second-order valence-electron chi connectivity index (χ2n) is 3.99. The van der Waals surface area contributed by atoms with Gasteiger partial charge in [0.2, 0.25) is 0 Å². The van der Waals surface area contributed by atoms with Crippen LogP contribution in [0.2, 0.25) is 5.15 Å². The number of nitrogens with one attached hydrogen (secondary N) is 1. The van der Waals surface area contributed by atoms with Crippen LogP contribution in [0.25, 0.3) is 0 Å². The van der Waals surface area contributed by atoms with E-state index in [1.807, 2.05) is 10.8 Å². The molecule has 19 heavy (non-hydrogen) atoms. The third-order valence-electron chi connectivity index (χ3n) is 2.54. The first-order valence-corrected chi connectivity index (χ1v) is 6.35. The number of carbonyl (C=O) groups excluding carboxylic acids is 1. The zero-order chi connectivity index (χ0) is 13.5. The van der Waals surface area contributed by atoms with Crippen LogP contribution in [0.1, 0.15) is 23.3 Å². The predicted octanol–water partition coefficient (Wildman–Crippen LogP) is 1.54. The molecule has 6 nitrogen and oxygen atoms in total. The monoisotopic (exact) mass is 279 g/mol. The van der Waals surface area contributed by atoms with E-state index in [2.05, 4.69) is 20.3 Å². The maximum atomic E-state index is 11.7. The van der Waals surface area contributed by atoms with Crippen LogP contribution in [-0.2, 0) is 6.54 Å². The summed E-state index contributed by atoms with van der Waals surface area (Å²) < 4.78 is 2.01. The van der Waals surface area contributed by atoms with E-state index in [1.54, 1.807) is 12.5 Å². The number of carbonyl (C=O) groups is 1. The largest absolute Gasteiger partial charge is 0.351 e. The minimum atomic E-state index is -0.230. The Bertz CT molecular complexity index is 511. The molecule has 0 aliphatic heterocycles. The Balaban J connectivity index is 1.65. The molecule has 0 fully saturated rings. The molecule has 0 bridgehead atoms. The van der Waals surface area contributed by atoms with Crippen molar-refractivity contribution in [3.05, 3.63) is 42.0 Å². The molecule has 0 aromatic carbocycles. The van der Waals surface area contributed by atoms with Crippen molar-refractivity contribution in [1.29, 1.82) is 0 Å². The average Bonchev–Trinajstić information content (AvgIpc) is 2.92. The van der Waals surface area contributed by atoms with Gasteiger partial charge >= 0.3 is 0 Å². The number of hydrogen-bond acceptors (Lipinski definition) is 4. The summed E-state index contributed by atoms with van der Waals surface area (Å²) in [7, 11) is 0. The quantitative estimate of drug-likeness (QED) is 0.814. The van der Waals surface area contributed by atoms with E-state index in [-0.39, 0.29) is 16.8 Å². The highest BCUT2D eigenvalue weighted by atomic mass is 35.5. The highest BCUT2D eigenvalue weighted by molar-refractivity contribution is 6.29. The van der Waals surface area contributed by atoms with Crippen LogP contribution in [0.15, 0.2) is 31.1 Å². The smallest absolute Gasteiger partial charge is 0.271 e. The van der Waals surface area contributed by atoms with Gasteiger partial charge in [-0.25, -0.2) is 15.0 Å². The molecule has 0 aliphatic carbocycles. The first-order valence-electron chi connectivity index (χ1n) is 5.97. The number of unbranched alkanes of at least 4 members (excludes halogenated alkanes) is 1. The number of nitrogens with zero attached hydrogens (tertiary/aromatic N) is 4. The number of aromatic nitrogens is 4. The van der Waals surface area contributed by atoms with Gasteiger partial charge < -0.3 is 9.88 Å². The zero-order valence-corrected chi connectivity index (χ0v) is 11.0. The van der Waals surface area contributed by atoms with Gasteiger partial charge in [-0.1, -0.05) is 11.6 Å². The fourth-order valence-electron chi connectivity index (χ4n) is 1.56. The Labute approximate surface area is 115 Å². The average molecular weight is 280 g/mol. The molecule has 1 N–H and O–H groups in total. The van der Waals surface area contributed by atoms with E-state index in [0.717, 1.165) is 19.4 Å². The molecule has 0 saturated carbocycles. The molecule has 0 radical (unpaired) electrons. The molecule has 0 saturated heterocycles. The summed E-state index contributed by atoms with van der Waals surface area (Å²) in [6, 6.07) is 0. The molecule has 1 amide bonds. The van der Waals surface area contributed by atoms with E-state index >= 15 is 0 Å². The van der Waals surface area contributed by atoms with Crippen molar-refractivity contribution in [2.75, 3.05) is 6.54 Å².